The van der Waals surface area contributed by atoms with Crippen molar-refractivity contribution < 1.29 is 49.0 Å². The van der Waals surface area contributed by atoms with Gasteiger partial charge in [0.2, 0.25) is 0 Å². The fourth-order valence-electron chi connectivity index (χ4n) is 5.01. The monoisotopic (exact) mass is 604 g/mol. The number of esters is 2. The molecule has 0 spiro atoms. The SMILES string of the molecule is CCCCCCCCCCCCCCCCC(=O)OC(COC(=O)CCCCC)COC1OC(CO)C(O)C(O)C1O. The van der Waals surface area contributed by atoms with Crippen LogP contribution >= 0.6 is 0 Å². The molecule has 0 aliphatic carbocycles. The van der Waals surface area contributed by atoms with Crippen LogP contribution in [0.1, 0.15) is 136 Å². The van der Waals surface area contributed by atoms with E-state index in [2.05, 4.69) is 6.92 Å². The summed E-state index contributed by atoms with van der Waals surface area (Å²) < 4.78 is 21.7. The number of hydrogen-bond acceptors (Lipinski definition) is 10. The van der Waals surface area contributed by atoms with E-state index in [1.165, 1.54) is 64.2 Å². The van der Waals surface area contributed by atoms with Crippen molar-refractivity contribution in [2.75, 3.05) is 19.8 Å². The van der Waals surface area contributed by atoms with Crippen LogP contribution in [0.5, 0.6) is 0 Å². The fraction of sp³-hybridized carbons (Fsp3) is 0.938. The van der Waals surface area contributed by atoms with Gasteiger partial charge >= 0.3 is 11.9 Å². The number of aliphatic hydroxyl groups is 4. The van der Waals surface area contributed by atoms with Crippen molar-refractivity contribution in [3.63, 3.8) is 0 Å². The van der Waals surface area contributed by atoms with Crippen LogP contribution in [0, 0.1) is 0 Å². The predicted molar refractivity (Wildman–Crippen MR) is 160 cm³/mol. The van der Waals surface area contributed by atoms with Crippen LogP contribution < -0.4 is 0 Å². The van der Waals surface area contributed by atoms with E-state index in [0.29, 0.717) is 12.8 Å². The second-order valence-electron chi connectivity index (χ2n) is 11.6. The minimum Gasteiger partial charge on any atom is -0.462 e. The normalized spacial score (nSPS) is 23.0. The Hall–Kier alpha value is -1.30. The summed E-state index contributed by atoms with van der Waals surface area (Å²) >= 11 is 0. The van der Waals surface area contributed by atoms with Crippen molar-refractivity contribution in [2.45, 2.75) is 173 Å². The first-order valence-corrected chi connectivity index (χ1v) is 16.6. The highest BCUT2D eigenvalue weighted by Crippen LogP contribution is 2.22. The fourth-order valence-corrected chi connectivity index (χ4v) is 5.01. The quantitative estimate of drug-likeness (QED) is 0.0807. The van der Waals surface area contributed by atoms with Crippen molar-refractivity contribution in [2.24, 2.45) is 0 Å². The van der Waals surface area contributed by atoms with Gasteiger partial charge in [0, 0.05) is 12.8 Å². The molecule has 1 heterocycles. The van der Waals surface area contributed by atoms with E-state index in [1.807, 2.05) is 6.92 Å². The van der Waals surface area contributed by atoms with Gasteiger partial charge in [-0.2, -0.15) is 0 Å². The lowest BCUT2D eigenvalue weighted by molar-refractivity contribution is -0.305. The van der Waals surface area contributed by atoms with Crippen LogP contribution in [-0.4, -0.2) is 89.0 Å². The van der Waals surface area contributed by atoms with E-state index in [0.717, 1.165) is 32.1 Å². The Morgan fingerprint density at radius 3 is 1.67 bits per heavy atom. The van der Waals surface area contributed by atoms with Crippen molar-refractivity contribution in [3.8, 4) is 0 Å². The molecule has 1 aliphatic rings. The Morgan fingerprint density at radius 1 is 0.643 bits per heavy atom. The number of ether oxygens (including phenoxy) is 4. The van der Waals surface area contributed by atoms with E-state index >= 15 is 0 Å². The second kappa shape index (κ2) is 25.1. The molecule has 1 saturated heterocycles. The molecule has 0 aromatic rings. The van der Waals surface area contributed by atoms with Gasteiger partial charge < -0.3 is 39.4 Å². The molecule has 6 atom stereocenters. The minimum atomic E-state index is -1.58. The summed E-state index contributed by atoms with van der Waals surface area (Å²) in [5, 5.41) is 39.5. The molecule has 10 heteroatoms. The summed E-state index contributed by atoms with van der Waals surface area (Å²) in [4.78, 5) is 24.6. The Labute approximate surface area is 253 Å². The van der Waals surface area contributed by atoms with E-state index in [4.69, 9.17) is 18.9 Å². The number of rotatable bonds is 26. The Balaban J connectivity index is 2.35. The predicted octanol–water partition coefficient (Wildman–Crippen LogP) is 4.71. The number of aliphatic hydroxyl groups excluding tert-OH is 4. The molecule has 1 fully saturated rings. The summed E-state index contributed by atoms with van der Waals surface area (Å²) in [6, 6.07) is 0. The van der Waals surface area contributed by atoms with Gasteiger partial charge in [-0.1, -0.05) is 110 Å². The van der Waals surface area contributed by atoms with Crippen LogP contribution in [0.25, 0.3) is 0 Å². The van der Waals surface area contributed by atoms with Gasteiger partial charge in [0.25, 0.3) is 0 Å². The Kier molecular flexibility index (Phi) is 23.1. The first kappa shape index (κ1) is 38.7. The van der Waals surface area contributed by atoms with Crippen molar-refractivity contribution >= 4 is 11.9 Å². The zero-order chi connectivity index (χ0) is 31.0. The van der Waals surface area contributed by atoms with Crippen LogP contribution in [0.2, 0.25) is 0 Å². The third-order valence-electron chi connectivity index (χ3n) is 7.74. The third-order valence-corrected chi connectivity index (χ3v) is 7.74. The van der Waals surface area contributed by atoms with Gasteiger partial charge in [0.1, 0.15) is 31.0 Å². The maximum absolute atomic E-state index is 12.5. The number of unbranched alkanes of at least 4 members (excludes halogenated alkanes) is 15. The zero-order valence-electron chi connectivity index (χ0n) is 26.3. The standard InChI is InChI=1S/C32H60O10/c1-3-5-7-8-9-10-11-12-13-14-15-16-17-19-21-28(35)41-25(23-39-27(34)20-18-6-4-2)24-40-32-31(38)30(37)29(36)26(22-33)42-32/h25-26,29-33,36-38H,3-24H2,1-2H3. The molecule has 0 saturated carbocycles. The average Bonchev–Trinajstić information content (AvgIpc) is 2.98. The largest absolute Gasteiger partial charge is 0.462 e. The summed E-state index contributed by atoms with van der Waals surface area (Å²) in [6.07, 6.45) is 12.1. The zero-order valence-corrected chi connectivity index (χ0v) is 26.3. The molecule has 1 aliphatic heterocycles. The molecule has 0 radical (unpaired) electrons. The highest BCUT2D eigenvalue weighted by molar-refractivity contribution is 5.70. The first-order chi connectivity index (χ1) is 20.3. The first-order valence-electron chi connectivity index (χ1n) is 16.6. The maximum atomic E-state index is 12.5. The van der Waals surface area contributed by atoms with E-state index in [9.17, 15) is 30.0 Å². The van der Waals surface area contributed by atoms with Gasteiger partial charge in [0.15, 0.2) is 12.4 Å². The van der Waals surface area contributed by atoms with Crippen molar-refractivity contribution in [3.05, 3.63) is 0 Å². The molecule has 0 aromatic carbocycles. The summed E-state index contributed by atoms with van der Waals surface area (Å²) in [7, 11) is 0. The van der Waals surface area contributed by atoms with E-state index in [-0.39, 0.29) is 26.1 Å². The van der Waals surface area contributed by atoms with E-state index in [1.54, 1.807) is 0 Å². The third kappa shape index (κ3) is 17.7. The smallest absolute Gasteiger partial charge is 0.306 e. The van der Waals surface area contributed by atoms with Crippen LogP contribution in [0.15, 0.2) is 0 Å². The topological polar surface area (TPSA) is 152 Å². The minimum absolute atomic E-state index is 0.215. The van der Waals surface area contributed by atoms with Gasteiger partial charge in [-0.15, -0.1) is 0 Å². The molecular formula is C32H60O10. The number of carbonyl (C=O) groups excluding carboxylic acids is 2. The lowest BCUT2D eigenvalue weighted by Gasteiger charge is -2.39. The molecule has 10 nitrogen and oxygen atoms in total. The molecule has 6 unspecified atom stereocenters. The van der Waals surface area contributed by atoms with E-state index < -0.39 is 55.4 Å². The number of hydrogen-bond donors (Lipinski definition) is 4. The van der Waals surface area contributed by atoms with Crippen molar-refractivity contribution in [1.29, 1.82) is 0 Å². The van der Waals surface area contributed by atoms with Gasteiger partial charge in [0.05, 0.1) is 13.2 Å². The van der Waals surface area contributed by atoms with Crippen LogP contribution in [0.4, 0.5) is 0 Å². The highest BCUT2D eigenvalue weighted by atomic mass is 16.7. The van der Waals surface area contributed by atoms with Crippen LogP contribution in [-0.2, 0) is 28.5 Å². The van der Waals surface area contributed by atoms with Crippen molar-refractivity contribution in [1.82, 2.24) is 0 Å². The summed E-state index contributed by atoms with van der Waals surface area (Å²) in [6.45, 7) is 3.21. The molecule has 4 N–H and O–H groups in total. The molecule has 0 bridgehead atoms. The van der Waals surface area contributed by atoms with Crippen LogP contribution in [0.3, 0.4) is 0 Å². The lowest BCUT2D eigenvalue weighted by atomic mass is 9.99. The number of carbonyl (C=O) groups is 2. The molecule has 42 heavy (non-hydrogen) atoms. The average molecular weight is 605 g/mol. The molecule has 0 aromatic heterocycles. The van der Waals surface area contributed by atoms with Gasteiger partial charge in [-0.25, -0.2) is 0 Å². The Morgan fingerprint density at radius 2 is 1.12 bits per heavy atom. The summed E-state index contributed by atoms with van der Waals surface area (Å²) in [5.74, 6) is -0.831. The maximum Gasteiger partial charge on any atom is 0.306 e. The Bertz CT molecular complexity index is 674. The van der Waals surface area contributed by atoms with Gasteiger partial charge in [-0.05, 0) is 12.8 Å². The molecule has 248 valence electrons. The molecular weight excluding hydrogens is 544 g/mol. The summed E-state index contributed by atoms with van der Waals surface area (Å²) in [5.41, 5.74) is 0. The second-order valence-corrected chi connectivity index (χ2v) is 11.6. The lowest BCUT2D eigenvalue weighted by Crippen LogP contribution is -2.59. The highest BCUT2D eigenvalue weighted by Gasteiger charge is 2.44. The van der Waals surface area contributed by atoms with Gasteiger partial charge in [-0.3, -0.25) is 9.59 Å². The molecule has 0 amide bonds. The molecule has 1 rings (SSSR count).